The number of nitrogens with one attached hydrogen (secondary N) is 1. The van der Waals surface area contributed by atoms with E-state index < -0.39 is 0 Å². The van der Waals surface area contributed by atoms with E-state index in [0.29, 0.717) is 19.7 Å². The zero-order valence-corrected chi connectivity index (χ0v) is 14.0. The van der Waals surface area contributed by atoms with Gasteiger partial charge in [0.05, 0.1) is 25.4 Å². The number of nitrogens with zero attached hydrogens (tertiary/aromatic N) is 4. The lowest BCUT2D eigenvalue weighted by Gasteiger charge is -2.26. The second kappa shape index (κ2) is 8.05. The molecule has 1 aromatic heterocycles. The summed E-state index contributed by atoms with van der Waals surface area (Å²) in [5.41, 5.74) is 0.279. The van der Waals surface area contributed by atoms with E-state index in [1.807, 2.05) is 18.7 Å². The molecule has 1 fully saturated rings. The van der Waals surface area contributed by atoms with Crippen molar-refractivity contribution in [2.45, 2.75) is 39.3 Å². The van der Waals surface area contributed by atoms with Gasteiger partial charge in [0, 0.05) is 26.1 Å². The molecule has 0 bridgehead atoms. The van der Waals surface area contributed by atoms with Crippen molar-refractivity contribution < 1.29 is 14.3 Å². The second-order valence-electron chi connectivity index (χ2n) is 6.06. The molecule has 128 valence electrons. The summed E-state index contributed by atoms with van der Waals surface area (Å²) >= 11 is 0. The maximum Gasteiger partial charge on any atom is 0.273 e. The maximum atomic E-state index is 12.2. The summed E-state index contributed by atoms with van der Waals surface area (Å²) in [5, 5.41) is 10.6. The SMILES string of the molecule is COCCNC(=O)c1cn(C[C@@H]2CCCN2C(=O)C(C)C)nn1. The van der Waals surface area contributed by atoms with E-state index in [-0.39, 0.29) is 29.5 Å². The van der Waals surface area contributed by atoms with E-state index in [1.165, 1.54) is 0 Å². The highest BCUT2D eigenvalue weighted by Crippen LogP contribution is 2.21. The number of ether oxygens (including phenoxy) is 1. The lowest BCUT2D eigenvalue weighted by molar-refractivity contribution is -0.135. The summed E-state index contributed by atoms with van der Waals surface area (Å²) < 4.78 is 6.52. The Balaban J connectivity index is 1.93. The Morgan fingerprint density at radius 3 is 2.96 bits per heavy atom. The first-order chi connectivity index (χ1) is 11.0. The molecule has 1 aliphatic rings. The van der Waals surface area contributed by atoms with Gasteiger partial charge < -0.3 is 15.0 Å². The van der Waals surface area contributed by atoms with E-state index in [1.54, 1.807) is 18.0 Å². The van der Waals surface area contributed by atoms with E-state index in [2.05, 4.69) is 15.6 Å². The number of likely N-dealkylation sites (tertiary alicyclic amines) is 1. The quantitative estimate of drug-likeness (QED) is 0.729. The molecule has 1 aromatic rings. The normalized spacial score (nSPS) is 17.7. The molecule has 2 amide bonds. The molecule has 23 heavy (non-hydrogen) atoms. The first-order valence-electron chi connectivity index (χ1n) is 8.00. The van der Waals surface area contributed by atoms with Crippen LogP contribution < -0.4 is 5.32 Å². The standard InChI is InChI=1S/C15H25N5O3/c1-11(2)15(22)20-7-4-5-12(20)9-19-10-13(17-18-19)14(21)16-6-8-23-3/h10-12H,4-9H2,1-3H3,(H,16,21)/t12-/m0/s1. The fraction of sp³-hybridized carbons (Fsp3) is 0.733. The van der Waals surface area contributed by atoms with Crippen molar-refractivity contribution in [2.24, 2.45) is 5.92 Å². The van der Waals surface area contributed by atoms with Gasteiger partial charge in [-0.25, -0.2) is 4.68 Å². The molecule has 0 spiro atoms. The predicted molar refractivity (Wildman–Crippen MR) is 83.8 cm³/mol. The van der Waals surface area contributed by atoms with Crippen LogP contribution in [0, 0.1) is 5.92 Å². The Labute approximate surface area is 136 Å². The van der Waals surface area contributed by atoms with Gasteiger partial charge in [-0.05, 0) is 12.8 Å². The smallest absolute Gasteiger partial charge is 0.273 e. The average Bonchev–Trinajstić information content (AvgIpc) is 3.16. The number of methoxy groups -OCH3 is 1. The molecule has 0 aromatic carbocycles. The van der Waals surface area contributed by atoms with Crippen LogP contribution in [-0.4, -0.2) is 64.6 Å². The predicted octanol–water partition coefficient (Wildman–Crippen LogP) is 0.301. The monoisotopic (exact) mass is 323 g/mol. The molecule has 1 atom stereocenters. The first-order valence-corrected chi connectivity index (χ1v) is 8.00. The molecule has 1 N–H and O–H groups in total. The molecule has 0 radical (unpaired) electrons. The molecular weight excluding hydrogens is 298 g/mol. The molecule has 0 unspecified atom stereocenters. The molecule has 2 heterocycles. The van der Waals surface area contributed by atoms with Crippen molar-refractivity contribution in [3.8, 4) is 0 Å². The minimum Gasteiger partial charge on any atom is -0.383 e. The van der Waals surface area contributed by atoms with Gasteiger partial charge in [0.1, 0.15) is 0 Å². The zero-order chi connectivity index (χ0) is 16.8. The molecule has 1 saturated heterocycles. The third kappa shape index (κ3) is 4.51. The topological polar surface area (TPSA) is 89.4 Å². The number of hydrogen-bond donors (Lipinski definition) is 1. The maximum absolute atomic E-state index is 12.2. The van der Waals surface area contributed by atoms with Gasteiger partial charge >= 0.3 is 0 Å². The fourth-order valence-electron chi connectivity index (χ4n) is 2.71. The van der Waals surface area contributed by atoms with Crippen molar-refractivity contribution in [3.05, 3.63) is 11.9 Å². The van der Waals surface area contributed by atoms with Gasteiger partial charge in [-0.2, -0.15) is 0 Å². The number of hydrogen-bond acceptors (Lipinski definition) is 5. The lowest BCUT2D eigenvalue weighted by atomic mass is 10.1. The van der Waals surface area contributed by atoms with E-state index in [4.69, 9.17) is 4.74 Å². The molecule has 0 aliphatic carbocycles. The number of carbonyl (C=O) groups is 2. The fourth-order valence-corrected chi connectivity index (χ4v) is 2.71. The van der Waals surface area contributed by atoms with Crippen LogP contribution in [0.2, 0.25) is 0 Å². The van der Waals surface area contributed by atoms with Crippen molar-refractivity contribution in [1.82, 2.24) is 25.2 Å². The molecule has 1 aliphatic heterocycles. The van der Waals surface area contributed by atoms with E-state index >= 15 is 0 Å². The van der Waals surface area contributed by atoms with Crippen LogP contribution in [0.1, 0.15) is 37.2 Å². The zero-order valence-electron chi connectivity index (χ0n) is 14.0. The summed E-state index contributed by atoms with van der Waals surface area (Å²) in [6.07, 6.45) is 3.58. The molecule has 2 rings (SSSR count). The van der Waals surface area contributed by atoms with Gasteiger partial charge in [0.15, 0.2) is 5.69 Å². The van der Waals surface area contributed by atoms with E-state index in [0.717, 1.165) is 19.4 Å². The first kappa shape index (κ1) is 17.4. The Morgan fingerprint density at radius 1 is 1.48 bits per heavy atom. The summed E-state index contributed by atoms with van der Waals surface area (Å²) in [4.78, 5) is 26.0. The molecule has 8 heteroatoms. The van der Waals surface area contributed by atoms with Crippen molar-refractivity contribution in [1.29, 1.82) is 0 Å². The van der Waals surface area contributed by atoms with Gasteiger partial charge in [-0.1, -0.05) is 19.1 Å². The summed E-state index contributed by atoms with van der Waals surface area (Å²) in [7, 11) is 1.58. The highest BCUT2D eigenvalue weighted by atomic mass is 16.5. The van der Waals surface area contributed by atoms with Gasteiger partial charge in [-0.3, -0.25) is 9.59 Å². The third-order valence-corrected chi connectivity index (χ3v) is 3.91. The largest absolute Gasteiger partial charge is 0.383 e. The Morgan fingerprint density at radius 2 is 2.26 bits per heavy atom. The second-order valence-corrected chi connectivity index (χ2v) is 6.06. The van der Waals surface area contributed by atoms with Crippen LogP contribution in [0.15, 0.2) is 6.20 Å². The van der Waals surface area contributed by atoms with Crippen LogP contribution in [0.5, 0.6) is 0 Å². The Kier molecular flexibility index (Phi) is 6.09. The average molecular weight is 323 g/mol. The number of rotatable bonds is 7. The van der Waals surface area contributed by atoms with Crippen LogP contribution in [0.4, 0.5) is 0 Å². The van der Waals surface area contributed by atoms with Crippen molar-refractivity contribution in [3.63, 3.8) is 0 Å². The summed E-state index contributed by atoms with van der Waals surface area (Å²) in [6, 6.07) is 0.121. The summed E-state index contributed by atoms with van der Waals surface area (Å²) in [5.74, 6) is -0.103. The Hall–Kier alpha value is -1.96. The number of carbonyl (C=O) groups excluding carboxylic acids is 2. The number of amides is 2. The van der Waals surface area contributed by atoms with Crippen molar-refractivity contribution in [2.75, 3.05) is 26.8 Å². The van der Waals surface area contributed by atoms with Crippen LogP contribution >= 0.6 is 0 Å². The van der Waals surface area contributed by atoms with Gasteiger partial charge in [0.25, 0.3) is 5.91 Å². The summed E-state index contributed by atoms with van der Waals surface area (Å²) in [6.45, 7) is 6.07. The Bertz CT molecular complexity index is 543. The van der Waals surface area contributed by atoms with Crippen LogP contribution in [-0.2, 0) is 16.1 Å². The van der Waals surface area contributed by atoms with Gasteiger partial charge in [0.2, 0.25) is 5.91 Å². The molecule has 0 saturated carbocycles. The minimum absolute atomic E-state index is 0.00605. The number of aromatic nitrogens is 3. The highest BCUT2D eigenvalue weighted by Gasteiger charge is 2.30. The minimum atomic E-state index is -0.269. The van der Waals surface area contributed by atoms with Crippen molar-refractivity contribution >= 4 is 11.8 Å². The van der Waals surface area contributed by atoms with Crippen LogP contribution in [0.3, 0.4) is 0 Å². The highest BCUT2D eigenvalue weighted by molar-refractivity contribution is 5.91. The van der Waals surface area contributed by atoms with Crippen LogP contribution in [0.25, 0.3) is 0 Å². The molecule has 8 nitrogen and oxygen atoms in total. The van der Waals surface area contributed by atoms with E-state index in [9.17, 15) is 9.59 Å². The molecular formula is C15H25N5O3. The third-order valence-electron chi connectivity index (χ3n) is 3.91. The lowest BCUT2D eigenvalue weighted by Crippen LogP contribution is -2.40. The van der Waals surface area contributed by atoms with Gasteiger partial charge in [-0.15, -0.1) is 5.10 Å².